The molecule has 0 aliphatic carbocycles. The van der Waals surface area contributed by atoms with Gasteiger partial charge in [0.1, 0.15) is 11.5 Å². The van der Waals surface area contributed by atoms with Crippen molar-refractivity contribution in [3.05, 3.63) is 70.0 Å². The zero-order valence-corrected chi connectivity index (χ0v) is 13.6. The van der Waals surface area contributed by atoms with E-state index in [9.17, 15) is 14.5 Å². The summed E-state index contributed by atoms with van der Waals surface area (Å²) in [6, 6.07) is 13.6. The maximum atomic E-state index is 13.4. The largest absolute Gasteiger partial charge is 0.363 e. The van der Waals surface area contributed by atoms with Crippen molar-refractivity contribution in [3.8, 4) is 0 Å². The van der Waals surface area contributed by atoms with E-state index in [0.29, 0.717) is 18.8 Å². The van der Waals surface area contributed by atoms with Crippen molar-refractivity contribution in [3.63, 3.8) is 0 Å². The molecule has 0 bridgehead atoms. The molecule has 5 nitrogen and oxygen atoms in total. The fourth-order valence-corrected chi connectivity index (χ4v) is 3.21. The van der Waals surface area contributed by atoms with Crippen LogP contribution in [0.5, 0.6) is 0 Å². The quantitative estimate of drug-likeness (QED) is 0.635. The van der Waals surface area contributed by atoms with Gasteiger partial charge in [-0.25, -0.2) is 4.39 Å². The lowest BCUT2D eigenvalue weighted by Crippen LogP contribution is -2.47. The maximum absolute atomic E-state index is 13.4. The summed E-state index contributed by atoms with van der Waals surface area (Å²) in [5.74, 6) is -0.224. The molecule has 1 aliphatic heterocycles. The molecule has 0 spiro atoms. The minimum Gasteiger partial charge on any atom is -0.363 e. The maximum Gasteiger partial charge on any atom is 0.292 e. The highest BCUT2D eigenvalue weighted by Gasteiger charge is 2.25. The normalized spacial score (nSPS) is 16.8. The first-order chi connectivity index (χ1) is 11.6. The van der Waals surface area contributed by atoms with Gasteiger partial charge in [-0.2, -0.15) is 0 Å². The second kappa shape index (κ2) is 6.97. The van der Waals surface area contributed by atoms with Gasteiger partial charge in [-0.05, 0) is 30.7 Å². The lowest BCUT2D eigenvalue weighted by molar-refractivity contribution is -0.384. The average molecular weight is 329 g/mol. The summed E-state index contributed by atoms with van der Waals surface area (Å²) in [6.07, 6.45) is 0. The number of halogens is 1. The van der Waals surface area contributed by atoms with Gasteiger partial charge >= 0.3 is 0 Å². The van der Waals surface area contributed by atoms with Gasteiger partial charge < -0.3 is 4.90 Å². The third-order valence-electron chi connectivity index (χ3n) is 4.61. The van der Waals surface area contributed by atoms with Gasteiger partial charge in [-0.15, -0.1) is 0 Å². The smallest absolute Gasteiger partial charge is 0.292 e. The molecule has 1 fully saturated rings. The molecule has 0 aromatic heterocycles. The van der Waals surface area contributed by atoms with Crippen molar-refractivity contribution in [2.75, 3.05) is 31.1 Å². The summed E-state index contributed by atoms with van der Waals surface area (Å²) in [6.45, 7) is 5.05. The highest BCUT2D eigenvalue weighted by atomic mass is 19.1. The number of benzene rings is 2. The molecular weight excluding hydrogens is 309 g/mol. The molecule has 0 saturated carbocycles. The molecule has 126 valence electrons. The molecule has 1 heterocycles. The monoisotopic (exact) mass is 329 g/mol. The van der Waals surface area contributed by atoms with E-state index in [-0.39, 0.29) is 22.5 Å². The molecule has 0 radical (unpaired) electrons. The molecule has 1 atom stereocenters. The molecule has 24 heavy (non-hydrogen) atoms. The van der Waals surface area contributed by atoms with E-state index >= 15 is 0 Å². The Morgan fingerprint density at radius 1 is 1.08 bits per heavy atom. The predicted octanol–water partition coefficient (Wildman–Crippen LogP) is 3.62. The number of hydrogen-bond acceptors (Lipinski definition) is 4. The Bertz CT molecular complexity index is 730. The number of anilines is 1. The van der Waals surface area contributed by atoms with E-state index < -0.39 is 0 Å². The third kappa shape index (κ3) is 3.38. The highest BCUT2D eigenvalue weighted by Crippen LogP contribution is 2.30. The van der Waals surface area contributed by atoms with Gasteiger partial charge in [0, 0.05) is 38.3 Å². The minimum absolute atomic E-state index is 0.119. The number of nitro groups is 1. The van der Waals surface area contributed by atoms with Crippen molar-refractivity contribution in [2.24, 2.45) is 0 Å². The fraction of sp³-hybridized carbons (Fsp3) is 0.333. The summed E-state index contributed by atoms with van der Waals surface area (Å²) >= 11 is 0. The first kappa shape index (κ1) is 16.4. The summed E-state index contributed by atoms with van der Waals surface area (Å²) in [5, 5.41) is 11.2. The molecule has 1 saturated heterocycles. The van der Waals surface area contributed by atoms with Crippen LogP contribution < -0.4 is 4.90 Å². The fourth-order valence-electron chi connectivity index (χ4n) is 3.21. The van der Waals surface area contributed by atoms with E-state index in [1.165, 1.54) is 12.1 Å². The van der Waals surface area contributed by atoms with Crippen molar-refractivity contribution in [1.82, 2.24) is 4.90 Å². The molecule has 1 aliphatic rings. The van der Waals surface area contributed by atoms with Gasteiger partial charge in [0.2, 0.25) is 0 Å². The Labute approximate surface area is 140 Å². The Morgan fingerprint density at radius 2 is 1.79 bits per heavy atom. The molecule has 3 rings (SSSR count). The standard InChI is InChI=1S/C18H20FN3O2/c1-14(15-5-4-6-16(19)13-15)20-9-11-21(12-10-20)17-7-2-3-8-18(17)22(23)24/h2-8,13-14H,9-12H2,1H3. The molecule has 6 heteroatoms. The van der Waals surface area contributed by atoms with Gasteiger partial charge in [-0.3, -0.25) is 15.0 Å². The van der Waals surface area contributed by atoms with Crippen LogP contribution in [0.4, 0.5) is 15.8 Å². The summed E-state index contributed by atoms with van der Waals surface area (Å²) < 4.78 is 13.4. The van der Waals surface area contributed by atoms with E-state index in [1.54, 1.807) is 24.3 Å². The lowest BCUT2D eigenvalue weighted by atomic mass is 10.1. The Balaban J connectivity index is 1.69. The molecule has 0 N–H and O–H groups in total. The third-order valence-corrected chi connectivity index (χ3v) is 4.61. The zero-order chi connectivity index (χ0) is 17.1. The molecule has 2 aromatic carbocycles. The second-order valence-corrected chi connectivity index (χ2v) is 6.00. The van der Waals surface area contributed by atoms with Gasteiger partial charge in [0.25, 0.3) is 5.69 Å². The Morgan fingerprint density at radius 3 is 2.46 bits per heavy atom. The SMILES string of the molecule is CC(c1cccc(F)c1)N1CCN(c2ccccc2[N+](=O)[O-])CC1. The molecule has 1 unspecified atom stereocenters. The summed E-state index contributed by atoms with van der Waals surface area (Å²) in [5.41, 5.74) is 1.76. The number of rotatable bonds is 4. The van der Waals surface area contributed by atoms with Crippen LogP contribution in [0.3, 0.4) is 0 Å². The van der Waals surface area contributed by atoms with Gasteiger partial charge in [0.15, 0.2) is 0 Å². The van der Waals surface area contributed by atoms with Crippen LogP contribution in [0.25, 0.3) is 0 Å². The van der Waals surface area contributed by atoms with E-state index in [1.807, 2.05) is 17.0 Å². The van der Waals surface area contributed by atoms with Crippen molar-refractivity contribution in [1.29, 1.82) is 0 Å². The van der Waals surface area contributed by atoms with Crippen LogP contribution >= 0.6 is 0 Å². The zero-order valence-electron chi connectivity index (χ0n) is 13.6. The van der Waals surface area contributed by atoms with Gasteiger partial charge in [0.05, 0.1) is 4.92 Å². The van der Waals surface area contributed by atoms with Gasteiger partial charge in [-0.1, -0.05) is 24.3 Å². The lowest BCUT2D eigenvalue weighted by Gasteiger charge is -2.39. The van der Waals surface area contributed by atoms with E-state index in [2.05, 4.69) is 11.8 Å². The minimum atomic E-state index is -0.336. The summed E-state index contributed by atoms with van der Waals surface area (Å²) in [4.78, 5) is 15.2. The number of nitrogens with zero attached hydrogens (tertiary/aromatic N) is 3. The van der Waals surface area contributed by atoms with Crippen molar-refractivity contribution in [2.45, 2.75) is 13.0 Å². The van der Waals surface area contributed by atoms with Crippen LogP contribution in [0.15, 0.2) is 48.5 Å². The van der Waals surface area contributed by atoms with Crippen LogP contribution in [0.1, 0.15) is 18.5 Å². The molecule has 2 aromatic rings. The second-order valence-electron chi connectivity index (χ2n) is 6.00. The van der Waals surface area contributed by atoms with Crippen molar-refractivity contribution >= 4 is 11.4 Å². The number of piperazine rings is 1. The molecular formula is C18H20FN3O2. The topological polar surface area (TPSA) is 49.6 Å². The first-order valence-corrected chi connectivity index (χ1v) is 8.04. The van der Waals surface area contributed by atoms with E-state index in [4.69, 9.17) is 0 Å². The van der Waals surface area contributed by atoms with Crippen molar-refractivity contribution < 1.29 is 9.31 Å². The predicted molar refractivity (Wildman–Crippen MR) is 91.7 cm³/mol. The average Bonchev–Trinajstić information content (AvgIpc) is 2.61. The van der Waals surface area contributed by atoms with Crippen LogP contribution in [0.2, 0.25) is 0 Å². The number of para-hydroxylation sites is 2. The van der Waals surface area contributed by atoms with E-state index in [0.717, 1.165) is 18.7 Å². The highest BCUT2D eigenvalue weighted by molar-refractivity contribution is 5.63. The Kier molecular flexibility index (Phi) is 4.76. The van der Waals surface area contributed by atoms with Crippen LogP contribution in [-0.2, 0) is 0 Å². The number of nitro benzene ring substituents is 1. The van der Waals surface area contributed by atoms with Crippen LogP contribution in [0, 0.1) is 15.9 Å². The van der Waals surface area contributed by atoms with Crippen LogP contribution in [-0.4, -0.2) is 36.0 Å². The number of hydrogen-bond donors (Lipinski definition) is 0. The Hall–Kier alpha value is -2.47. The molecule has 0 amide bonds. The summed E-state index contributed by atoms with van der Waals surface area (Å²) in [7, 11) is 0. The first-order valence-electron chi connectivity index (χ1n) is 8.04.